The molecule has 0 aliphatic carbocycles. The van der Waals surface area contributed by atoms with Crippen molar-refractivity contribution in [3.63, 3.8) is 0 Å². The van der Waals surface area contributed by atoms with Gasteiger partial charge in [0.05, 0.1) is 6.54 Å². The van der Waals surface area contributed by atoms with Gasteiger partial charge in [0, 0.05) is 48.0 Å². The summed E-state index contributed by atoms with van der Waals surface area (Å²) in [7, 11) is 0. The number of aryl methyl sites for hydroxylation is 2. The molecule has 0 bridgehead atoms. The smallest absolute Gasteiger partial charge is 0.273 e. The van der Waals surface area contributed by atoms with Gasteiger partial charge in [0.2, 0.25) is 5.91 Å². The molecule has 3 aromatic rings. The summed E-state index contributed by atoms with van der Waals surface area (Å²) in [6.45, 7) is 6.80. The molecule has 1 aliphatic heterocycles. The van der Waals surface area contributed by atoms with Crippen molar-refractivity contribution in [3.8, 4) is 0 Å². The number of amides is 2. The Morgan fingerprint density at radius 3 is 2.39 bits per heavy atom. The van der Waals surface area contributed by atoms with Crippen LogP contribution in [-0.2, 0) is 4.79 Å². The SMILES string of the molecule is Cc1ccc(NC(=O)CN2CCN(C(=O)c3csc(Nc4ccc(Cl)cc4)n3)CC2)cc1C. The van der Waals surface area contributed by atoms with Gasteiger partial charge in [0.25, 0.3) is 5.91 Å². The summed E-state index contributed by atoms with van der Waals surface area (Å²) in [5.41, 5.74) is 4.44. The van der Waals surface area contributed by atoms with Crippen molar-refractivity contribution in [2.75, 3.05) is 43.4 Å². The van der Waals surface area contributed by atoms with Crippen LogP contribution < -0.4 is 10.6 Å². The van der Waals surface area contributed by atoms with E-state index < -0.39 is 0 Å². The first-order valence-electron chi connectivity index (χ1n) is 10.7. The highest BCUT2D eigenvalue weighted by Gasteiger charge is 2.25. The predicted molar refractivity (Wildman–Crippen MR) is 134 cm³/mol. The highest BCUT2D eigenvalue weighted by molar-refractivity contribution is 7.14. The van der Waals surface area contributed by atoms with Gasteiger partial charge in [-0.25, -0.2) is 4.98 Å². The number of hydrogen-bond acceptors (Lipinski definition) is 6. The molecule has 1 aromatic heterocycles. The van der Waals surface area contributed by atoms with Gasteiger partial charge < -0.3 is 15.5 Å². The maximum absolute atomic E-state index is 12.9. The second-order valence-corrected chi connectivity index (χ2v) is 9.38. The van der Waals surface area contributed by atoms with E-state index in [9.17, 15) is 9.59 Å². The van der Waals surface area contributed by atoms with E-state index in [0.29, 0.717) is 48.6 Å². The average molecular weight is 484 g/mol. The zero-order chi connectivity index (χ0) is 23.4. The van der Waals surface area contributed by atoms with Gasteiger partial charge in [-0.3, -0.25) is 14.5 Å². The fraction of sp³-hybridized carbons (Fsp3) is 0.292. The second-order valence-electron chi connectivity index (χ2n) is 8.09. The third-order valence-electron chi connectivity index (χ3n) is 5.64. The van der Waals surface area contributed by atoms with E-state index in [-0.39, 0.29) is 11.8 Å². The van der Waals surface area contributed by atoms with Crippen molar-refractivity contribution in [2.24, 2.45) is 0 Å². The minimum Gasteiger partial charge on any atom is -0.335 e. The summed E-state index contributed by atoms with van der Waals surface area (Å²) in [6.07, 6.45) is 0. The number of thiazole rings is 1. The molecule has 33 heavy (non-hydrogen) atoms. The lowest BCUT2D eigenvalue weighted by Crippen LogP contribution is -2.50. The van der Waals surface area contributed by atoms with E-state index in [0.717, 1.165) is 16.9 Å². The number of piperazine rings is 1. The Labute approximate surface area is 202 Å². The molecule has 0 radical (unpaired) electrons. The number of nitrogens with one attached hydrogen (secondary N) is 2. The maximum atomic E-state index is 12.9. The fourth-order valence-electron chi connectivity index (χ4n) is 3.58. The molecule has 172 valence electrons. The number of benzene rings is 2. The Morgan fingerprint density at radius 2 is 1.70 bits per heavy atom. The van der Waals surface area contributed by atoms with Crippen molar-refractivity contribution in [3.05, 3.63) is 69.7 Å². The number of anilines is 3. The molecule has 9 heteroatoms. The van der Waals surface area contributed by atoms with Gasteiger partial charge in [0.1, 0.15) is 5.69 Å². The van der Waals surface area contributed by atoms with Gasteiger partial charge in [-0.15, -0.1) is 11.3 Å². The molecule has 1 fully saturated rings. The molecular weight excluding hydrogens is 458 g/mol. The topological polar surface area (TPSA) is 77.6 Å². The van der Waals surface area contributed by atoms with Crippen LogP contribution in [0.3, 0.4) is 0 Å². The number of carbonyl (C=O) groups is 2. The standard InChI is InChI=1S/C24H26ClN5O2S/c1-16-3-6-20(13-17(16)2)26-22(31)14-29-9-11-30(12-10-29)23(32)21-15-33-24(28-21)27-19-7-4-18(25)5-8-19/h3-8,13,15H,9-12,14H2,1-2H3,(H,26,31)(H,27,28). The second kappa shape index (κ2) is 10.3. The third-order valence-corrected chi connectivity index (χ3v) is 6.65. The third kappa shape index (κ3) is 6.10. The van der Waals surface area contributed by atoms with E-state index in [1.165, 1.54) is 16.9 Å². The average Bonchev–Trinajstić information content (AvgIpc) is 3.26. The Kier molecular flexibility index (Phi) is 7.27. The van der Waals surface area contributed by atoms with Gasteiger partial charge >= 0.3 is 0 Å². The van der Waals surface area contributed by atoms with Crippen LogP contribution in [0.4, 0.5) is 16.5 Å². The number of hydrogen-bond donors (Lipinski definition) is 2. The summed E-state index contributed by atoms with van der Waals surface area (Å²) >= 11 is 7.30. The number of nitrogens with zero attached hydrogens (tertiary/aromatic N) is 3. The van der Waals surface area contributed by atoms with Crippen LogP contribution in [0.25, 0.3) is 0 Å². The molecule has 2 N–H and O–H groups in total. The van der Waals surface area contributed by atoms with Gasteiger partial charge in [-0.1, -0.05) is 17.7 Å². The number of halogens is 1. The maximum Gasteiger partial charge on any atom is 0.273 e. The summed E-state index contributed by atoms with van der Waals surface area (Å²) in [6, 6.07) is 13.2. The van der Waals surface area contributed by atoms with E-state index in [2.05, 4.69) is 20.5 Å². The summed E-state index contributed by atoms with van der Waals surface area (Å²) in [5, 5.41) is 9.24. The first-order valence-corrected chi connectivity index (χ1v) is 12.0. The Bertz CT molecular complexity index is 1140. The summed E-state index contributed by atoms with van der Waals surface area (Å²) in [5.74, 6) is -0.134. The van der Waals surface area contributed by atoms with E-state index in [1.807, 2.05) is 44.2 Å². The van der Waals surface area contributed by atoms with Crippen LogP contribution >= 0.6 is 22.9 Å². The number of rotatable bonds is 6. The zero-order valence-electron chi connectivity index (χ0n) is 18.6. The van der Waals surface area contributed by atoms with Crippen LogP contribution in [0, 0.1) is 13.8 Å². The van der Waals surface area contributed by atoms with Gasteiger partial charge in [0.15, 0.2) is 5.13 Å². The van der Waals surface area contributed by atoms with E-state index in [1.54, 1.807) is 22.4 Å². The number of carbonyl (C=O) groups excluding carboxylic acids is 2. The molecule has 7 nitrogen and oxygen atoms in total. The van der Waals surface area contributed by atoms with Crippen molar-refractivity contribution in [2.45, 2.75) is 13.8 Å². The minimum absolute atomic E-state index is 0.0459. The molecule has 0 atom stereocenters. The fourth-order valence-corrected chi connectivity index (χ4v) is 4.41. The molecule has 2 amide bonds. The van der Waals surface area contributed by atoms with E-state index in [4.69, 9.17) is 11.6 Å². The Hall–Kier alpha value is -2.94. The molecule has 0 saturated carbocycles. The lowest BCUT2D eigenvalue weighted by molar-refractivity contribution is -0.117. The first-order chi connectivity index (χ1) is 15.9. The predicted octanol–water partition coefficient (Wildman–Crippen LogP) is 4.55. The molecular formula is C24H26ClN5O2S. The molecule has 2 aromatic carbocycles. The number of aromatic nitrogens is 1. The molecule has 1 saturated heterocycles. The molecule has 0 unspecified atom stereocenters. The molecule has 1 aliphatic rings. The quantitative estimate of drug-likeness (QED) is 0.537. The zero-order valence-corrected chi connectivity index (χ0v) is 20.2. The van der Waals surface area contributed by atoms with Gasteiger partial charge in [-0.05, 0) is 61.4 Å². The van der Waals surface area contributed by atoms with Crippen molar-refractivity contribution in [1.29, 1.82) is 0 Å². The highest BCUT2D eigenvalue weighted by atomic mass is 35.5. The van der Waals surface area contributed by atoms with Crippen LogP contribution in [0.15, 0.2) is 47.8 Å². The van der Waals surface area contributed by atoms with Crippen molar-refractivity contribution < 1.29 is 9.59 Å². The lowest BCUT2D eigenvalue weighted by atomic mass is 10.1. The van der Waals surface area contributed by atoms with Crippen LogP contribution in [0.1, 0.15) is 21.6 Å². The summed E-state index contributed by atoms with van der Waals surface area (Å²) in [4.78, 5) is 33.6. The molecule has 4 rings (SSSR count). The van der Waals surface area contributed by atoms with Gasteiger partial charge in [-0.2, -0.15) is 0 Å². The molecule has 0 spiro atoms. The van der Waals surface area contributed by atoms with Crippen LogP contribution in [-0.4, -0.2) is 59.3 Å². The first kappa shape index (κ1) is 23.2. The Balaban J connectivity index is 1.25. The largest absolute Gasteiger partial charge is 0.335 e. The normalized spacial score (nSPS) is 14.2. The lowest BCUT2D eigenvalue weighted by Gasteiger charge is -2.33. The Morgan fingerprint density at radius 1 is 1.00 bits per heavy atom. The van der Waals surface area contributed by atoms with E-state index >= 15 is 0 Å². The van der Waals surface area contributed by atoms with Crippen LogP contribution in [0.2, 0.25) is 5.02 Å². The summed E-state index contributed by atoms with van der Waals surface area (Å²) < 4.78 is 0. The highest BCUT2D eigenvalue weighted by Crippen LogP contribution is 2.23. The molecule has 2 heterocycles. The van der Waals surface area contributed by atoms with Crippen molar-refractivity contribution >= 4 is 51.3 Å². The van der Waals surface area contributed by atoms with Crippen LogP contribution in [0.5, 0.6) is 0 Å². The van der Waals surface area contributed by atoms with Crippen molar-refractivity contribution in [1.82, 2.24) is 14.8 Å². The monoisotopic (exact) mass is 483 g/mol. The minimum atomic E-state index is -0.0883.